The lowest BCUT2D eigenvalue weighted by Gasteiger charge is -2.16. The van der Waals surface area contributed by atoms with Gasteiger partial charge in [-0.2, -0.15) is 5.10 Å². The van der Waals surface area contributed by atoms with Gasteiger partial charge in [0.1, 0.15) is 0 Å². The van der Waals surface area contributed by atoms with Crippen molar-refractivity contribution in [2.24, 2.45) is 13.0 Å². The van der Waals surface area contributed by atoms with Crippen LogP contribution in [-0.2, 0) is 19.9 Å². The monoisotopic (exact) mass is 299 g/mol. The van der Waals surface area contributed by atoms with E-state index in [-0.39, 0.29) is 0 Å². The molecule has 0 aromatic carbocycles. The average molecular weight is 300 g/mol. The van der Waals surface area contributed by atoms with Crippen molar-refractivity contribution >= 4 is 15.9 Å². The summed E-state index contributed by atoms with van der Waals surface area (Å²) >= 11 is 3.69. The lowest BCUT2D eigenvalue weighted by molar-refractivity contribution is 0.476. The van der Waals surface area contributed by atoms with Gasteiger partial charge in [-0.25, -0.2) is 0 Å². The molecule has 1 aromatic heterocycles. The molecule has 1 N–H and O–H groups in total. The van der Waals surface area contributed by atoms with Gasteiger partial charge < -0.3 is 5.32 Å². The van der Waals surface area contributed by atoms with Crippen molar-refractivity contribution in [3.8, 4) is 0 Å². The smallest absolute Gasteiger partial charge is 0.0766 e. The molecule has 3 nitrogen and oxygen atoms in total. The number of aryl methyl sites for hydroxylation is 2. The molecule has 0 aliphatic heterocycles. The summed E-state index contributed by atoms with van der Waals surface area (Å²) in [6, 6.07) is 0.582. The summed E-state index contributed by atoms with van der Waals surface area (Å²) < 4.78 is 3.23. The van der Waals surface area contributed by atoms with Crippen molar-refractivity contribution < 1.29 is 0 Å². The Morgan fingerprint density at radius 1 is 1.53 bits per heavy atom. The van der Waals surface area contributed by atoms with Crippen LogP contribution >= 0.6 is 15.9 Å². The second-order valence-electron chi connectivity index (χ2n) is 5.05. The van der Waals surface area contributed by atoms with Crippen molar-refractivity contribution in [3.63, 3.8) is 0 Å². The summed E-state index contributed by atoms with van der Waals surface area (Å²) in [4.78, 5) is 0. The highest BCUT2D eigenvalue weighted by Gasteiger charge is 2.26. The van der Waals surface area contributed by atoms with Crippen LogP contribution in [0.15, 0.2) is 4.47 Å². The van der Waals surface area contributed by atoms with E-state index in [1.165, 1.54) is 35.1 Å². The van der Waals surface area contributed by atoms with E-state index in [1.807, 2.05) is 11.7 Å². The first-order valence-electron chi connectivity index (χ1n) is 6.53. The normalized spacial score (nSPS) is 17.4. The van der Waals surface area contributed by atoms with E-state index in [0.29, 0.717) is 6.04 Å². The van der Waals surface area contributed by atoms with Crippen LogP contribution in [0.1, 0.15) is 37.6 Å². The van der Waals surface area contributed by atoms with Gasteiger partial charge >= 0.3 is 0 Å². The molecule has 1 saturated carbocycles. The van der Waals surface area contributed by atoms with E-state index >= 15 is 0 Å². The minimum absolute atomic E-state index is 0.582. The fraction of sp³-hybridized carbons (Fsp3) is 0.769. The molecule has 0 radical (unpaired) electrons. The minimum Gasteiger partial charge on any atom is -0.317 e. The summed E-state index contributed by atoms with van der Waals surface area (Å²) in [5, 5.41) is 7.99. The molecule has 1 aliphatic carbocycles. The fourth-order valence-electron chi connectivity index (χ4n) is 2.33. The molecule has 2 rings (SSSR count). The second-order valence-corrected chi connectivity index (χ2v) is 5.85. The maximum absolute atomic E-state index is 4.55. The van der Waals surface area contributed by atoms with E-state index in [0.717, 1.165) is 18.8 Å². The predicted octanol–water partition coefficient (Wildman–Crippen LogP) is 2.68. The minimum atomic E-state index is 0.582. The van der Waals surface area contributed by atoms with E-state index < -0.39 is 0 Å². The Morgan fingerprint density at radius 2 is 2.24 bits per heavy atom. The zero-order chi connectivity index (χ0) is 12.4. The maximum atomic E-state index is 4.55. The third-order valence-electron chi connectivity index (χ3n) is 3.67. The van der Waals surface area contributed by atoms with Gasteiger partial charge in [0.15, 0.2) is 0 Å². The topological polar surface area (TPSA) is 29.9 Å². The molecule has 4 heteroatoms. The van der Waals surface area contributed by atoms with Gasteiger partial charge in [0, 0.05) is 19.5 Å². The summed E-state index contributed by atoms with van der Waals surface area (Å²) in [5.41, 5.74) is 2.49. The molecular weight excluding hydrogens is 278 g/mol. The van der Waals surface area contributed by atoms with Crippen LogP contribution in [0.5, 0.6) is 0 Å². The van der Waals surface area contributed by atoms with E-state index in [4.69, 9.17) is 0 Å². The fourth-order valence-corrected chi connectivity index (χ4v) is 3.11. The van der Waals surface area contributed by atoms with Crippen molar-refractivity contribution in [2.45, 2.75) is 45.1 Å². The third-order valence-corrected chi connectivity index (χ3v) is 4.58. The van der Waals surface area contributed by atoms with Crippen molar-refractivity contribution in [1.29, 1.82) is 0 Å². The number of nitrogens with zero attached hydrogens (tertiary/aromatic N) is 2. The van der Waals surface area contributed by atoms with Gasteiger partial charge in [0.05, 0.1) is 15.9 Å². The molecule has 1 aromatic rings. The average Bonchev–Trinajstić information content (AvgIpc) is 3.09. The zero-order valence-corrected chi connectivity index (χ0v) is 12.5. The third kappa shape index (κ3) is 3.10. The first-order chi connectivity index (χ1) is 8.15. The lowest BCUT2D eigenvalue weighted by Crippen LogP contribution is -2.29. The van der Waals surface area contributed by atoms with Crippen molar-refractivity contribution in [3.05, 3.63) is 15.9 Å². The van der Waals surface area contributed by atoms with Gasteiger partial charge in [-0.05, 0) is 41.7 Å². The van der Waals surface area contributed by atoms with Crippen LogP contribution in [0.4, 0.5) is 0 Å². The largest absolute Gasteiger partial charge is 0.317 e. The van der Waals surface area contributed by atoms with Crippen LogP contribution in [0, 0.1) is 5.92 Å². The van der Waals surface area contributed by atoms with Crippen molar-refractivity contribution in [1.82, 2.24) is 15.1 Å². The summed E-state index contributed by atoms with van der Waals surface area (Å²) in [5.74, 6) is 0.963. The highest BCUT2D eigenvalue weighted by Crippen LogP contribution is 2.34. The van der Waals surface area contributed by atoms with Crippen LogP contribution in [0.2, 0.25) is 0 Å². The van der Waals surface area contributed by atoms with Crippen LogP contribution in [0.3, 0.4) is 0 Å². The lowest BCUT2D eigenvalue weighted by atomic mass is 10.0. The predicted molar refractivity (Wildman–Crippen MR) is 74.2 cm³/mol. The highest BCUT2D eigenvalue weighted by atomic mass is 79.9. The molecule has 1 heterocycles. The number of likely N-dealkylation sites (N-methyl/N-ethyl adjacent to an activating group) is 1. The highest BCUT2D eigenvalue weighted by molar-refractivity contribution is 9.10. The molecule has 17 heavy (non-hydrogen) atoms. The number of hydrogen-bond donors (Lipinski definition) is 1. The van der Waals surface area contributed by atoms with Gasteiger partial charge in [0.25, 0.3) is 0 Å². The molecule has 1 unspecified atom stereocenters. The van der Waals surface area contributed by atoms with Gasteiger partial charge in [-0.15, -0.1) is 0 Å². The Morgan fingerprint density at radius 3 is 2.71 bits per heavy atom. The molecule has 1 atom stereocenters. The van der Waals surface area contributed by atoms with Gasteiger partial charge in [-0.1, -0.05) is 19.8 Å². The Hall–Kier alpha value is -0.350. The molecule has 0 saturated heterocycles. The molecule has 0 spiro atoms. The van der Waals surface area contributed by atoms with E-state index in [1.54, 1.807) is 0 Å². The molecule has 0 amide bonds. The SMILES string of the molecule is CCc1nn(C)c(CC(CC2CC2)NC)c1Br. The van der Waals surface area contributed by atoms with Crippen LogP contribution in [0.25, 0.3) is 0 Å². The van der Waals surface area contributed by atoms with Crippen molar-refractivity contribution in [2.75, 3.05) is 7.05 Å². The number of hydrogen-bond acceptors (Lipinski definition) is 2. The number of halogens is 1. The maximum Gasteiger partial charge on any atom is 0.0766 e. The summed E-state index contributed by atoms with van der Waals surface area (Å²) in [7, 11) is 4.11. The van der Waals surface area contributed by atoms with E-state index in [9.17, 15) is 0 Å². The van der Waals surface area contributed by atoms with Gasteiger partial charge in [-0.3, -0.25) is 4.68 Å². The molecule has 96 valence electrons. The zero-order valence-electron chi connectivity index (χ0n) is 11.0. The number of nitrogens with one attached hydrogen (secondary N) is 1. The first-order valence-corrected chi connectivity index (χ1v) is 7.32. The number of rotatable bonds is 6. The first kappa shape index (κ1) is 13.1. The van der Waals surface area contributed by atoms with E-state index in [2.05, 4.69) is 40.3 Å². The quantitative estimate of drug-likeness (QED) is 0.875. The Balaban J connectivity index is 2.07. The molecule has 1 fully saturated rings. The Kier molecular flexibility index (Phi) is 4.26. The van der Waals surface area contributed by atoms with Crippen LogP contribution in [-0.4, -0.2) is 22.9 Å². The van der Waals surface area contributed by atoms with Gasteiger partial charge in [0.2, 0.25) is 0 Å². The Labute approximate surface area is 112 Å². The second kappa shape index (κ2) is 5.53. The summed E-state index contributed by atoms with van der Waals surface area (Å²) in [6.45, 7) is 2.15. The summed E-state index contributed by atoms with van der Waals surface area (Å²) in [6.07, 6.45) is 6.20. The van der Waals surface area contributed by atoms with Crippen LogP contribution < -0.4 is 5.32 Å². The molecular formula is C13H22BrN3. The molecule has 0 bridgehead atoms. The molecule has 1 aliphatic rings. The Bertz CT molecular complexity index is 382. The standard InChI is InChI=1S/C13H22BrN3/c1-4-11-13(14)12(17(3)16-11)8-10(15-2)7-9-5-6-9/h9-10,15H,4-8H2,1-3H3. The number of aromatic nitrogens is 2.